The van der Waals surface area contributed by atoms with Gasteiger partial charge in [-0.05, 0) is 65.6 Å². The van der Waals surface area contributed by atoms with Gasteiger partial charge in [-0.25, -0.2) is 14.8 Å². The predicted octanol–water partition coefficient (Wildman–Crippen LogP) is 6.76. The molecule has 5 aromatic rings. The van der Waals surface area contributed by atoms with Crippen LogP contribution in [-0.2, 0) is 9.53 Å². The van der Waals surface area contributed by atoms with Crippen molar-refractivity contribution in [3.05, 3.63) is 84.7 Å². The fraction of sp³-hybridized carbons (Fsp3) is 0.351. The number of hydrogen-bond acceptors (Lipinski definition) is 6. The summed E-state index contributed by atoms with van der Waals surface area (Å²) in [4.78, 5) is 43.7. The molecule has 2 amide bonds. The van der Waals surface area contributed by atoms with Gasteiger partial charge in [0.25, 0.3) is 0 Å². The Morgan fingerprint density at radius 3 is 2.26 bits per heavy atom. The van der Waals surface area contributed by atoms with E-state index in [9.17, 15) is 9.59 Å². The summed E-state index contributed by atoms with van der Waals surface area (Å²) in [6.07, 6.45) is 7.14. The van der Waals surface area contributed by atoms with Crippen molar-refractivity contribution in [2.75, 3.05) is 20.2 Å². The summed E-state index contributed by atoms with van der Waals surface area (Å²) in [5.41, 5.74) is 6.38. The molecule has 47 heavy (non-hydrogen) atoms. The van der Waals surface area contributed by atoms with Crippen molar-refractivity contribution in [1.29, 1.82) is 0 Å². The van der Waals surface area contributed by atoms with E-state index in [0.29, 0.717) is 12.6 Å². The van der Waals surface area contributed by atoms with Crippen LogP contribution in [-0.4, -0.2) is 63.1 Å². The number of alkyl carbamates (subject to hydrolysis) is 1. The topological polar surface area (TPSA) is 128 Å². The highest BCUT2D eigenvalue weighted by Crippen LogP contribution is 2.37. The van der Waals surface area contributed by atoms with Crippen molar-refractivity contribution in [1.82, 2.24) is 35.5 Å². The molecule has 2 aliphatic heterocycles. The van der Waals surface area contributed by atoms with Crippen molar-refractivity contribution < 1.29 is 14.3 Å². The number of imidazole rings is 2. The Kier molecular flexibility index (Phi) is 8.51. The van der Waals surface area contributed by atoms with Crippen molar-refractivity contribution in [2.45, 2.75) is 57.7 Å². The molecule has 0 saturated carbocycles. The minimum Gasteiger partial charge on any atom is -0.453 e. The van der Waals surface area contributed by atoms with E-state index in [1.165, 1.54) is 29.9 Å². The highest BCUT2D eigenvalue weighted by Gasteiger charge is 2.37. The maximum atomic E-state index is 13.5. The molecule has 0 bridgehead atoms. The molecule has 3 atom stereocenters. The van der Waals surface area contributed by atoms with Crippen LogP contribution in [0.15, 0.2) is 73.1 Å². The first kappa shape index (κ1) is 30.7. The fourth-order valence-electron chi connectivity index (χ4n) is 7.03. The Labute approximate surface area is 274 Å². The summed E-state index contributed by atoms with van der Waals surface area (Å²) < 4.78 is 4.76. The molecule has 7 rings (SSSR count). The number of carbonyl (C=O) groups is 2. The van der Waals surface area contributed by atoms with Crippen molar-refractivity contribution in [2.24, 2.45) is 5.92 Å². The van der Waals surface area contributed by atoms with Crippen LogP contribution in [0.1, 0.15) is 63.3 Å². The Morgan fingerprint density at radius 2 is 1.53 bits per heavy atom. The van der Waals surface area contributed by atoms with Crippen LogP contribution in [0.3, 0.4) is 0 Å². The molecule has 10 heteroatoms. The van der Waals surface area contributed by atoms with Gasteiger partial charge in [-0.2, -0.15) is 0 Å². The van der Waals surface area contributed by atoms with Gasteiger partial charge in [0.05, 0.1) is 43.0 Å². The maximum absolute atomic E-state index is 13.5. The number of ether oxygens (including phenoxy) is 1. The third-order valence-electron chi connectivity index (χ3n) is 9.55. The minimum absolute atomic E-state index is 0.0840. The second-order valence-electron chi connectivity index (χ2n) is 12.8. The van der Waals surface area contributed by atoms with Crippen LogP contribution >= 0.6 is 0 Å². The summed E-state index contributed by atoms with van der Waals surface area (Å²) in [5, 5.41) is 8.60. The summed E-state index contributed by atoms with van der Waals surface area (Å²) in [6, 6.07) is 20.9. The molecule has 2 fully saturated rings. The van der Waals surface area contributed by atoms with Gasteiger partial charge >= 0.3 is 6.09 Å². The number of H-pyrrole nitrogens is 2. The lowest BCUT2D eigenvalue weighted by Gasteiger charge is -2.30. The monoisotopic (exact) mass is 631 g/mol. The molecule has 242 valence electrons. The lowest BCUT2D eigenvalue weighted by Crippen LogP contribution is -2.51. The standard InChI is InChI=1S/C37H41N7O3/c1-22(2)33(43-37(46)47-3)36(45)44-19-7-11-32(44)35-40-20-30(41-35)24-14-12-23(13-15-24)25-16-17-28(27-9-5-4-8-26(25)27)31-21-39-34(42-31)29-10-6-18-38-29/h4-5,8-9,12-17,20-22,29,32-33,38H,6-7,10-11,18-19H2,1-3H3,(H,39,42)(H,40,41)(H,43,46)/t29-,32-,33-/m0/s1. The molecule has 4 heterocycles. The third-order valence-corrected chi connectivity index (χ3v) is 9.55. The first-order valence-corrected chi connectivity index (χ1v) is 16.5. The number of benzene rings is 3. The highest BCUT2D eigenvalue weighted by molar-refractivity contribution is 6.04. The van der Waals surface area contributed by atoms with E-state index in [0.717, 1.165) is 65.5 Å². The minimum atomic E-state index is -0.665. The highest BCUT2D eigenvalue weighted by atomic mass is 16.5. The largest absolute Gasteiger partial charge is 0.453 e. The van der Waals surface area contributed by atoms with E-state index in [2.05, 4.69) is 81.3 Å². The number of nitrogens with zero attached hydrogens (tertiary/aromatic N) is 3. The SMILES string of the molecule is COC(=O)N[C@H](C(=O)N1CCC[C@H]1c1ncc(-c2ccc(-c3ccc(-c4cnc([C@@H]5CCCN5)[nH]4)c4ccccc34)cc2)[nH]1)C(C)C. The molecule has 4 N–H and O–H groups in total. The van der Waals surface area contributed by atoms with E-state index in [-0.39, 0.29) is 17.9 Å². The molecule has 0 radical (unpaired) electrons. The lowest BCUT2D eigenvalue weighted by molar-refractivity contribution is -0.135. The molecule has 2 aliphatic rings. The van der Waals surface area contributed by atoms with Crippen LogP contribution in [0.4, 0.5) is 4.79 Å². The van der Waals surface area contributed by atoms with E-state index in [4.69, 9.17) is 14.7 Å². The molecule has 0 aliphatic carbocycles. The number of fused-ring (bicyclic) bond motifs is 1. The third kappa shape index (κ3) is 6.01. The maximum Gasteiger partial charge on any atom is 0.407 e. The van der Waals surface area contributed by atoms with Gasteiger partial charge in [0, 0.05) is 12.1 Å². The zero-order valence-electron chi connectivity index (χ0n) is 27.0. The Bertz CT molecular complexity index is 1890. The van der Waals surface area contributed by atoms with Crippen LogP contribution in [0, 0.1) is 5.92 Å². The Hall–Kier alpha value is -4.96. The van der Waals surface area contributed by atoms with Crippen LogP contribution < -0.4 is 10.6 Å². The zero-order chi connectivity index (χ0) is 32.5. The van der Waals surface area contributed by atoms with Crippen LogP contribution in [0.2, 0.25) is 0 Å². The van der Waals surface area contributed by atoms with Crippen molar-refractivity contribution in [3.8, 4) is 33.6 Å². The number of likely N-dealkylation sites (tertiary alicyclic amines) is 1. The van der Waals surface area contributed by atoms with Gasteiger partial charge in [0.2, 0.25) is 5.91 Å². The van der Waals surface area contributed by atoms with Gasteiger partial charge < -0.3 is 30.2 Å². The normalized spacial score (nSPS) is 18.6. The molecule has 0 spiro atoms. The van der Waals surface area contributed by atoms with Gasteiger partial charge in [0.1, 0.15) is 17.7 Å². The second-order valence-corrected chi connectivity index (χ2v) is 12.8. The summed E-state index contributed by atoms with van der Waals surface area (Å²) >= 11 is 0. The average molecular weight is 632 g/mol. The van der Waals surface area contributed by atoms with E-state index in [1.54, 1.807) is 0 Å². The lowest BCUT2D eigenvalue weighted by atomic mass is 9.93. The Balaban J connectivity index is 1.11. The van der Waals surface area contributed by atoms with Gasteiger partial charge in [-0.15, -0.1) is 0 Å². The number of methoxy groups -OCH3 is 1. The number of hydrogen-bond donors (Lipinski definition) is 4. The molecular formula is C37H41N7O3. The van der Waals surface area contributed by atoms with Crippen LogP contribution in [0.5, 0.6) is 0 Å². The molecular weight excluding hydrogens is 590 g/mol. The second kappa shape index (κ2) is 13.0. The van der Waals surface area contributed by atoms with Gasteiger partial charge in [0.15, 0.2) is 0 Å². The molecule has 2 aromatic heterocycles. The molecule has 2 saturated heterocycles. The number of aromatic nitrogens is 4. The summed E-state index contributed by atoms with van der Waals surface area (Å²) in [5.74, 6) is 1.56. The van der Waals surface area contributed by atoms with Crippen LogP contribution in [0.25, 0.3) is 44.4 Å². The summed E-state index contributed by atoms with van der Waals surface area (Å²) in [7, 11) is 1.30. The van der Waals surface area contributed by atoms with E-state index in [1.807, 2.05) is 31.1 Å². The van der Waals surface area contributed by atoms with Gasteiger partial charge in [-0.3, -0.25) is 4.79 Å². The van der Waals surface area contributed by atoms with Crippen molar-refractivity contribution >= 4 is 22.8 Å². The first-order valence-electron chi connectivity index (χ1n) is 16.5. The first-order chi connectivity index (χ1) is 22.9. The molecule has 10 nitrogen and oxygen atoms in total. The average Bonchev–Trinajstić information content (AvgIpc) is 3.93. The summed E-state index contributed by atoms with van der Waals surface area (Å²) in [6.45, 7) is 5.49. The predicted molar refractivity (Wildman–Crippen MR) is 182 cm³/mol. The number of nitrogens with one attached hydrogen (secondary N) is 4. The van der Waals surface area contributed by atoms with Crippen molar-refractivity contribution in [3.63, 3.8) is 0 Å². The number of aromatic amines is 2. The number of carbonyl (C=O) groups excluding carboxylic acids is 2. The quantitative estimate of drug-likeness (QED) is 0.150. The van der Waals surface area contributed by atoms with E-state index < -0.39 is 12.1 Å². The van der Waals surface area contributed by atoms with E-state index >= 15 is 0 Å². The Morgan fingerprint density at radius 1 is 0.851 bits per heavy atom. The van der Waals surface area contributed by atoms with Gasteiger partial charge in [-0.1, -0.05) is 74.5 Å². The number of rotatable bonds is 8. The fourth-order valence-corrected chi connectivity index (χ4v) is 7.03. The molecule has 0 unspecified atom stereocenters. The molecule has 3 aromatic carbocycles. The smallest absolute Gasteiger partial charge is 0.407 e. The number of amides is 2. The zero-order valence-corrected chi connectivity index (χ0v) is 27.0.